The first-order valence-corrected chi connectivity index (χ1v) is 54.3. The molecule has 18 unspecified atom stereocenters. The zero-order chi connectivity index (χ0) is 98.7. The molecular formula is C120H155N15O8. The third-order valence-electron chi connectivity index (χ3n) is 34.5. The van der Waals surface area contributed by atoms with Crippen LogP contribution in [-0.2, 0) is 0 Å². The number of phenols is 2. The van der Waals surface area contributed by atoms with E-state index < -0.39 is 0 Å². The van der Waals surface area contributed by atoms with Crippen LogP contribution in [0.2, 0.25) is 0 Å². The minimum atomic E-state index is -0.0338. The van der Waals surface area contributed by atoms with E-state index in [9.17, 15) is 29.4 Å². The monoisotopic (exact) mass is 1930 g/mol. The highest BCUT2D eigenvalue weighted by Crippen LogP contribution is 2.55. The van der Waals surface area contributed by atoms with Gasteiger partial charge in [0.25, 0.3) is 23.6 Å². The predicted octanol–water partition coefficient (Wildman–Crippen LogP) is 18.7. The number of benzene rings is 8. The fourth-order valence-corrected chi connectivity index (χ4v) is 28.2. The van der Waals surface area contributed by atoms with Gasteiger partial charge in [-0.3, -0.25) is 74.7 Å². The van der Waals surface area contributed by atoms with E-state index in [4.69, 9.17) is 9.47 Å². The number of carbonyl (C=O) groups is 4. The van der Waals surface area contributed by atoms with Crippen LogP contribution < -0.4 is 25.8 Å². The van der Waals surface area contributed by atoms with Gasteiger partial charge in [0.15, 0.2) is 0 Å². The second kappa shape index (κ2) is 46.8. The van der Waals surface area contributed by atoms with Crippen molar-refractivity contribution in [3.8, 4) is 23.0 Å². The lowest BCUT2D eigenvalue weighted by Crippen LogP contribution is -2.75. The Bertz CT molecular complexity index is 5570. The zero-order valence-corrected chi connectivity index (χ0v) is 85.1. The van der Waals surface area contributed by atoms with Crippen LogP contribution in [0, 0.1) is 0 Å². The van der Waals surface area contributed by atoms with Crippen LogP contribution >= 0.6 is 0 Å². The number of phenolic OH excluding ortho intramolecular Hbond substituents is 2. The molecule has 0 radical (unpaired) electrons. The molecule has 21 aliphatic heterocycles. The summed E-state index contributed by atoms with van der Waals surface area (Å²) in [6, 6.07) is 73.4. The van der Waals surface area contributed by atoms with Gasteiger partial charge >= 0.3 is 0 Å². The minimum absolute atomic E-state index is 0.00691. The Morgan fingerprint density at radius 1 is 0.336 bits per heavy atom. The van der Waals surface area contributed by atoms with Crippen molar-refractivity contribution in [2.24, 2.45) is 0 Å². The van der Waals surface area contributed by atoms with Crippen LogP contribution in [0.3, 0.4) is 0 Å². The smallest absolute Gasteiger partial charge is 0.265 e. The Labute approximate surface area is 849 Å². The number of piperidine rings is 14. The number of methoxy groups -OCH3 is 2. The number of hydrazine groups is 3. The molecule has 23 nitrogen and oxygen atoms in total. The number of carbonyl (C=O) groups excluding carboxylic acids is 4. The van der Waals surface area contributed by atoms with Crippen molar-refractivity contribution in [1.82, 2.24) is 75.4 Å². The Morgan fingerprint density at radius 2 is 0.601 bits per heavy atom. The van der Waals surface area contributed by atoms with Crippen molar-refractivity contribution in [1.29, 1.82) is 0 Å². The fourth-order valence-electron chi connectivity index (χ4n) is 28.2. The van der Waals surface area contributed by atoms with Gasteiger partial charge < -0.3 is 24.6 Å². The van der Waals surface area contributed by atoms with Gasteiger partial charge in [0.2, 0.25) is 0 Å². The number of aromatic hydroxyl groups is 2. The van der Waals surface area contributed by atoms with Gasteiger partial charge in [-0.15, -0.1) is 26.3 Å². The Hall–Kier alpha value is -10.6. The van der Waals surface area contributed by atoms with Crippen LogP contribution in [0.5, 0.6) is 23.0 Å². The van der Waals surface area contributed by atoms with Crippen LogP contribution in [0.25, 0.3) is 0 Å². The number of hydrogen-bond donors (Lipinski definition) is 5. The summed E-state index contributed by atoms with van der Waals surface area (Å²) in [6.07, 6.45) is 37.4. The molecule has 21 aliphatic rings. The molecule has 14 bridgehead atoms. The molecule has 0 spiro atoms. The molecule has 0 aromatic heterocycles. The van der Waals surface area contributed by atoms with Crippen LogP contribution in [0.4, 0.5) is 0 Å². The lowest BCUT2D eigenvalue weighted by Gasteiger charge is -2.66. The second-order valence-corrected chi connectivity index (χ2v) is 42.6. The van der Waals surface area contributed by atoms with Crippen molar-refractivity contribution in [3.05, 3.63) is 312 Å². The van der Waals surface area contributed by atoms with E-state index in [-0.39, 0.29) is 47.8 Å². The molecule has 21 saturated heterocycles. The lowest BCUT2D eigenvalue weighted by atomic mass is 9.69. The Kier molecular flexibility index (Phi) is 33.1. The number of fused-ring (bicyclic) bond motifs is 8. The Balaban J connectivity index is 0.000000121. The zero-order valence-electron chi connectivity index (χ0n) is 85.1. The maximum absolute atomic E-state index is 13.1. The average Bonchev–Trinajstić information content (AvgIpc) is 0.778. The van der Waals surface area contributed by atoms with Gasteiger partial charge in [0.05, 0.1) is 38.4 Å². The van der Waals surface area contributed by atoms with Crippen molar-refractivity contribution >= 4 is 23.6 Å². The van der Waals surface area contributed by atoms with Gasteiger partial charge in [0, 0.05) is 198 Å². The number of nitrogens with zero attached hydrogens (tertiary/aromatic N) is 12. The third kappa shape index (κ3) is 21.8. The van der Waals surface area contributed by atoms with E-state index in [1.165, 1.54) is 149 Å². The van der Waals surface area contributed by atoms with Gasteiger partial charge in [0.1, 0.15) is 23.0 Å². The summed E-state index contributed by atoms with van der Waals surface area (Å²) in [7, 11) is 3.46. The molecule has 0 aliphatic carbocycles. The number of nitrogens with one attached hydrogen (secondary N) is 3. The highest BCUT2D eigenvalue weighted by atomic mass is 16.5. The standard InChI is InChI=1S/C32H42N4O2.C31H40N4O2.C30H38N4O2.C27H35N3O2/c1-3-19-35-27-15-17-29-28(35)16-18-30(27)36(29)31(25-9-8-10-26(22-25)38-2)23-11-13-24(14-12-23)32(37)33-34-20-6-4-5-7-21-34;1-2-18-34-26-14-16-28-27(34)15-17-29(26)35(28)30(24-8-7-9-25(36)21-24)22-10-12-23(13-11-22)31(37)32-33-19-5-3-4-6-20-33;1-2-17-33-25-13-15-27-26(33)14-16-28(25)34(27)29(23-7-6-8-24(35)20-23)21-9-11-22(12-10-21)30(36)31-32-18-4-3-5-19-32;1-5-15-28-18-23-17-24(19-28)30(23)26(22-9-8-10-25(16-22)32-4)20-11-13-21(14-12-20)27(31)29(6-2)7-3/h3,8-14,22,27-31H,1,4-7,15-21H2,2H3,(H,33,37);2,7-13,21,26-30,36H,1,3-6,14-20H2,(H,32,37);2,6-12,20,25-29,35H,1,3-5,13-19H2,(H,31,36);5,8-14,16,23-24,26H,1,6-7,15,17-19H2,2-4H3. The number of amides is 4. The summed E-state index contributed by atoms with van der Waals surface area (Å²) in [5, 5.41) is 27.0. The van der Waals surface area contributed by atoms with E-state index in [1.54, 1.807) is 26.4 Å². The minimum Gasteiger partial charge on any atom is -0.508 e. The van der Waals surface area contributed by atoms with E-state index in [2.05, 4.69) is 207 Å². The normalized spacial score (nSPS) is 27.3. The van der Waals surface area contributed by atoms with Crippen molar-refractivity contribution in [2.75, 3.05) is 106 Å². The topological polar surface area (TPSA) is 202 Å². The lowest BCUT2D eigenvalue weighted by molar-refractivity contribution is -0.151. The Morgan fingerprint density at radius 3 is 0.881 bits per heavy atom. The predicted molar refractivity (Wildman–Crippen MR) is 568 cm³/mol. The maximum Gasteiger partial charge on any atom is 0.265 e. The molecule has 21 heterocycles. The summed E-state index contributed by atoms with van der Waals surface area (Å²) in [5.41, 5.74) is 21.8. The van der Waals surface area contributed by atoms with Crippen molar-refractivity contribution in [3.63, 3.8) is 0 Å². The molecule has 8 aromatic rings. The molecule has 4 amide bonds. The third-order valence-corrected chi connectivity index (χ3v) is 34.5. The molecule has 23 heteroatoms. The average molecular weight is 1940 g/mol. The molecule has 21 fully saturated rings. The maximum atomic E-state index is 13.1. The quantitative estimate of drug-likeness (QED) is 0.0257. The summed E-state index contributed by atoms with van der Waals surface area (Å²) in [6.45, 7) is 33.1. The molecular weight excluding hydrogens is 1780 g/mol. The molecule has 5 N–H and O–H groups in total. The number of ether oxygens (including phenoxy) is 2. The molecule has 143 heavy (non-hydrogen) atoms. The molecule has 8 aromatic carbocycles. The van der Waals surface area contributed by atoms with Gasteiger partial charge in [-0.2, -0.15) is 0 Å². The van der Waals surface area contributed by atoms with E-state index >= 15 is 0 Å². The first-order chi connectivity index (χ1) is 70.0. The van der Waals surface area contributed by atoms with Crippen LogP contribution in [0.1, 0.15) is 278 Å². The van der Waals surface area contributed by atoms with Gasteiger partial charge in [-0.25, -0.2) is 15.0 Å². The molecule has 758 valence electrons. The number of piperazine rings is 4. The van der Waals surface area contributed by atoms with Gasteiger partial charge in [-0.1, -0.05) is 153 Å². The van der Waals surface area contributed by atoms with E-state index in [0.717, 1.165) is 164 Å². The second-order valence-electron chi connectivity index (χ2n) is 42.6. The summed E-state index contributed by atoms with van der Waals surface area (Å²) in [4.78, 5) is 75.2. The number of hydrogen-bond acceptors (Lipinski definition) is 19. The van der Waals surface area contributed by atoms with E-state index in [1.807, 2.05) is 115 Å². The van der Waals surface area contributed by atoms with E-state index in [0.29, 0.717) is 107 Å². The SMILES string of the molecule is C=CCN1C2CCC3C1CCC2N3C(c1ccc(C(=O)NN2CCCCC2)cc1)c1cccc(O)c1.C=CCN1C2CCC3C1CCC2N3C(c1ccc(C(=O)NN2CCCCCC2)cc1)c1cccc(O)c1.C=CCN1C2CCC3C1CCC2N3C(c1ccc(C(=O)NN2CCCCCC2)cc1)c1cccc(OC)c1.C=CCN1CC2CC(C1)N2C(c1ccc(C(=O)N(CC)CC)cc1)c1cccc(OC)c1. The van der Waals surface area contributed by atoms with Crippen molar-refractivity contribution in [2.45, 2.75) is 277 Å². The highest BCUT2D eigenvalue weighted by Gasteiger charge is 2.60. The largest absolute Gasteiger partial charge is 0.508 e. The molecule has 18 atom stereocenters. The summed E-state index contributed by atoms with van der Waals surface area (Å²) < 4.78 is 11.2. The summed E-state index contributed by atoms with van der Waals surface area (Å²) >= 11 is 0. The fraction of sp³-hybridized carbons (Fsp3) is 0.500. The first kappa shape index (κ1) is 101. The number of rotatable bonds is 31. The van der Waals surface area contributed by atoms with Crippen LogP contribution in [-0.4, -0.2) is 283 Å². The van der Waals surface area contributed by atoms with Crippen LogP contribution in [0.15, 0.2) is 245 Å². The van der Waals surface area contributed by atoms with Gasteiger partial charge in [-0.05, 0) is 277 Å². The van der Waals surface area contributed by atoms with Crippen molar-refractivity contribution < 1.29 is 38.9 Å². The first-order valence-electron chi connectivity index (χ1n) is 54.3. The molecule has 29 rings (SSSR count). The highest BCUT2D eigenvalue weighted by molar-refractivity contribution is 5.96. The summed E-state index contributed by atoms with van der Waals surface area (Å²) in [5.74, 6) is 2.40. The molecule has 0 saturated carbocycles.